The van der Waals surface area contributed by atoms with Crippen LogP contribution >= 0.6 is 0 Å². The van der Waals surface area contributed by atoms with Crippen LogP contribution in [0, 0.1) is 17.2 Å². The van der Waals surface area contributed by atoms with E-state index < -0.39 is 0 Å². The number of nitrogens with zero attached hydrogens (tertiary/aromatic N) is 4. The fourth-order valence-corrected chi connectivity index (χ4v) is 7.32. The van der Waals surface area contributed by atoms with E-state index >= 15 is 0 Å². The third kappa shape index (κ3) is 6.31. The van der Waals surface area contributed by atoms with Crippen LogP contribution in [0.15, 0.2) is 146 Å². The summed E-state index contributed by atoms with van der Waals surface area (Å²) >= 11 is 0. The summed E-state index contributed by atoms with van der Waals surface area (Å²) < 4.78 is 0. The Morgan fingerprint density at radius 1 is 0.660 bits per heavy atom. The van der Waals surface area contributed by atoms with Crippen molar-refractivity contribution in [2.24, 2.45) is 5.92 Å². The number of nitriles is 1. The predicted octanol–water partition coefficient (Wildman–Crippen LogP) is 11.0. The van der Waals surface area contributed by atoms with Gasteiger partial charge in [0.2, 0.25) is 0 Å². The lowest BCUT2D eigenvalue weighted by Crippen LogP contribution is -2.13. The van der Waals surface area contributed by atoms with Crippen LogP contribution in [0.3, 0.4) is 0 Å². The van der Waals surface area contributed by atoms with Gasteiger partial charge in [-0.2, -0.15) is 5.26 Å². The molecule has 3 unspecified atom stereocenters. The molecule has 0 radical (unpaired) electrons. The first-order chi connectivity index (χ1) is 24.6. The van der Waals surface area contributed by atoms with E-state index in [2.05, 4.69) is 134 Å². The zero-order chi connectivity index (χ0) is 33.9. The molecular weight excluding hydrogens is 609 g/mol. The second-order valence-corrected chi connectivity index (χ2v) is 13.4. The van der Waals surface area contributed by atoms with E-state index in [1.807, 2.05) is 24.3 Å². The summed E-state index contributed by atoms with van der Waals surface area (Å²) in [5.41, 5.74) is 8.99. The summed E-state index contributed by atoms with van der Waals surface area (Å²) in [4.78, 5) is 15.1. The average molecular weight is 647 g/mol. The second-order valence-electron chi connectivity index (χ2n) is 13.4. The number of hydrogen-bond acceptors (Lipinski definition) is 4. The Morgan fingerprint density at radius 3 is 2.24 bits per heavy atom. The molecule has 3 aromatic carbocycles. The highest BCUT2D eigenvalue weighted by molar-refractivity contribution is 5.99. The fraction of sp³-hybridized carbons (Fsp3) is 0.174. The third-order valence-electron chi connectivity index (χ3n) is 10.1. The van der Waals surface area contributed by atoms with Gasteiger partial charge in [0.25, 0.3) is 0 Å². The first-order valence-corrected chi connectivity index (χ1v) is 17.6. The smallest absolute Gasteiger partial charge is 0.163 e. The predicted molar refractivity (Wildman–Crippen MR) is 206 cm³/mol. The van der Waals surface area contributed by atoms with Gasteiger partial charge in [-0.15, -0.1) is 0 Å². The van der Waals surface area contributed by atoms with Crippen molar-refractivity contribution < 1.29 is 0 Å². The van der Waals surface area contributed by atoms with Crippen molar-refractivity contribution in [1.29, 1.82) is 5.26 Å². The van der Waals surface area contributed by atoms with Crippen molar-refractivity contribution in [3.63, 3.8) is 0 Å². The van der Waals surface area contributed by atoms with Crippen molar-refractivity contribution >= 4 is 33.1 Å². The maximum Gasteiger partial charge on any atom is 0.163 e. The molecule has 3 atom stereocenters. The highest BCUT2D eigenvalue weighted by Crippen LogP contribution is 2.38. The largest absolute Gasteiger partial charge is 0.213 e. The first-order valence-electron chi connectivity index (χ1n) is 17.6. The van der Waals surface area contributed by atoms with Gasteiger partial charge in [0.05, 0.1) is 11.6 Å². The quantitative estimate of drug-likeness (QED) is 0.209. The van der Waals surface area contributed by atoms with Gasteiger partial charge in [0.15, 0.2) is 11.6 Å². The minimum absolute atomic E-state index is 0.151. The Balaban J connectivity index is 1.07. The maximum atomic E-state index is 9.19. The monoisotopic (exact) mass is 646 g/mol. The van der Waals surface area contributed by atoms with Crippen LogP contribution in [0.2, 0.25) is 0 Å². The number of fused-ring (bicyclic) bond motifs is 1. The van der Waals surface area contributed by atoms with Crippen LogP contribution < -0.4 is 0 Å². The molecule has 4 nitrogen and oxygen atoms in total. The van der Waals surface area contributed by atoms with Crippen LogP contribution in [-0.2, 0) is 0 Å². The van der Waals surface area contributed by atoms with Gasteiger partial charge in [0, 0.05) is 23.0 Å². The summed E-state index contributed by atoms with van der Waals surface area (Å²) in [6, 6.07) is 23.4. The Morgan fingerprint density at radius 2 is 1.46 bits per heavy atom. The van der Waals surface area contributed by atoms with E-state index in [1.54, 1.807) is 0 Å². The molecule has 4 aliphatic rings. The summed E-state index contributed by atoms with van der Waals surface area (Å²) in [6.07, 6.45) is 34.5. The van der Waals surface area contributed by atoms with Gasteiger partial charge in [-0.1, -0.05) is 141 Å². The Bertz CT molecular complexity index is 2300. The van der Waals surface area contributed by atoms with Crippen LogP contribution in [0.5, 0.6) is 0 Å². The van der Waals surface area contributed by atoms with E-state index in [9.17, 15) is 5.26 Å². The normalized spacial score (nSPS) is 21.2. The molecule has 4 aromatic rings. The van der Waals surface area contributed by atoms with Gasteiger partial charge in [0.1, 0.15) is 5.82 Å². The number of aromatic nitrogens is 3. The molecule has 0 aliphatic heterocycles. The molecule has 0 saturated heterocycles. The highest BCUT2D eigenvalue weighted by atomic mass is 15.0. The van der Waals surface area contributed by atoms with Gasteiger partial charge in [-0.05, 0) is 82.3 Å². The van der Waals surface area contributed by atoms with E-state index in [4.69, 9.17) is 15.0 Å². The minimum atomic E-state index is 0.151. The van der Waals surface area contributed by atoms with E-state index in [1.165, 1.54) is 38.6 Å². The van der Waals surface area contributed by atoms with E-state index in [0.29, 0.717) is 11.5 Å². The minimum Gasteiger partial charge on any atom is -0.213 e. The van der Waals surface area contributed by atoms with Crippen molar-refractivity contribution in [1.82, 2.24) is 15.0 Å². The standard InChI is InChI=1S/C46H38N4/c1-31-10-5-6-15-39(31)46-49-44(37-11-3-2-4-12-37)48-45(50-46)38-26-24-36(25-27-38)41-29-28-40(42-16-7-8-17-43(41)42)35-14-9-13-33(22-23-35)34-20-18-32(30-47)19-21-34/h2-8,11,13-24,26-29,31,36-37H,9-10,12,25H2,1H3. The summed E-state index contributed by atoms with van der Waals surface area (Å²) in [6.45, 7) is 2.25. The van der Waals surface area contributed by atoms with Crippen molar-refractivity contribution in [3.05, 3.63) is 185 Å². The molecule has 50 heavy (non-hydrogen) atoms. The van der Waals surface area contributed by atoms with Crippen molar-refractivity contribution in [3.8, 4) is 6.07 Å². The molecule has 0 saturated carbocycles. The third-order valence-corrected chi connectivity index (χ3v) is 10.1. The SMILES string of the molecule is CC1CC=CC=C1c1nc(C2=CCC(c3ccc(C4=CCC=C(c5ccc(C#N)cc5)C=C4)c4ccccc34)C=C2)nc(C2C=CC=CC2)n1. The summed E-state index contributed by atoms with van der Waals surface area (Å²) in [5.74, 6) is 3.16. The molecule has 1 heterocycles. The number of allylic oxidation sites excluding steroid dienone is 18. The molecule has 242 valence electrons. The topological polar surface area (TPSA) is 62.5 Å². The van der Waals surface area contributed by atoms with Gasteiger partial charge in [-0.25, -0.2) is 15.0 Å². The molecule has 0 N–H and O–H groups in total. The van der Waals surface area contributed by atoms with Crippen LogP contribution in [0.1, 0.15) is 84.2 Å². The molecular formula is C46H38N4. The van der Waals surface area contributed by atoms with Crippen molar-refractivity contribution in [2.45, 2.75) is 44.4 Å². The van der Waals surface area contributed by atoms with Gasteiger partial charge < -0.3 is 0 Å². The zero-order valence-corrected chi connectivity index (χ0v) is 28.2. The molecule has 1 aromatic heterocycles. The van der Waals surface area contributed by atoms with Crippen LogP contribution in [-0.4, -0.2) is 15.0 Å². The van der Waals surface area contributed by atoms with E-state index in [-0.39, 0.29) is 11.8 Å². The van der Waals surface area contributed by atoms with Crippen LogP contribution in [0.25, 0.3) is 33.1 Å². The first kappa shape index (κ1) is 31.4. The lowest BCUT2D eigenvalue weighted by molar-refractivity contribution is 0.718. The maximum absolute atomic E-state index is 9.19. The molecule has 0 amide bonds. The average Bonchev–Trinajstić information content (AvgIpc) is 3.44. The molecule has 8 rings (SSSR count). The summed E-state index contributed by atoms with van der Waals surface area (Å²) in [7, 11) is 0. The lowest BCUT2D eigenvalue weighted by atomic mass is 9.85. The molecule has 0 fully saturated rings. The number of rotatable bonds is 6. The zero-order valence-electron chi connectivity index (χ0n) is 28.2. The Kier molecular flexibility index (Phi) is 8.72. The second kappa shape index (κ2) is 13.9. The van der Waals surface area contributed by atoms with Crippen LogP contribution in [0.4, 0.5) is 0 Å². The Labute approximate surface area is 294 Å². The Hall–Kier alpha value is -5.92. The molecule has 0 spiro atoms. The molecule has 4 aliphatic carbocycles. The van der Waals surface area contributed by atoms with Crippen molar-refractivity contribution in [2.75, 3.05) is 0 Å². The van der Waals surface area contributed by atoms with Gasteiger partial charge in [-0.3, -0.25) is 0 Å². The number of benzene rings is 3. The fourth-order valence-electron chi connectivity index (χ4n) is 7.32. The number of hydrogen-bond donors (Lipinski definition) is 0. The summed E-state index contributed by atoms with van der Waals surface area (Å²) in [5, 5.41) is 11.7. The lowest BCUT2D eigenvalue weighted by Gasteiger charge is -2.21. The molecule has 0 bridgehead atoms. The van der Waals surface area contributed by atoms with E-state index in [0.717, 1.165) is 54.3 Å². The molecule has 4 heteroatoms. The van der Waals surface area contributed by atoms with Gasteiger partial charge >= 0.3 is 0 Å². The highest BCUT2D eigenvalue weighted by Gasteiger charge is 2.23.